The number of carbonyl (C=O) groups excluding carboxylic acids is 2. The Morgan fingerprint density at radius 3 is 2.11 bits per heavy atom. The normalized spacial score (nSPS) is 13.4. The molecule has 0 heterocycles. The molecule has 0 aromatic heterocycles. The highest BCUT2D eigenvalue weighted by atomic mass is 35.5. The van der Waals surface area contributed by atoms with E-state index in [1.807, 2.05) is 0 Å². The summed E-state index contributed by atoms with van der Waals surface area (Å²) in [6.45, 7) is 0.954. The number of rotatable bonds is 5. The van der Waals surface area contributed by atoms with E-state index in [1.54, 1.807) is 5.32 Å². The lowest BCUT2D eigenvalue weighted by Crippen LogP contribution is -2.62. The molecule has 2 N–H and O–H groups in total. The highest BCUT2D eigenvalue weighted by Gasteiger charge is 2.64. The van der Waals surface area contributed by atoms with Crippen LogP contribution in [0.1, 0.15) is 12.5 Å². The van der Waals surface area contributed by atoms with Gasteiger partial charge in [0.25, 0.3) is 5.54 Å². The number of amides is 2. The van der Waals surface area contributed by atoms with E-state index in [1.165, 1.54) is 31.2 Å². The third kappa shape index (κ3) is 4.53. The molecule has 0 saturated carbocycles. The van der Waals surface area contributed by atoms with E-state index in [0.717, 1.165) is 24.3 Å². The second-order valence-corrected chi connectivity index (χ2v) is 6.00. The molecular formula is C18H15ClF4N2O3. The number of carbonyl (C=O) groups is 2. The van der Waals surface area contributed by atoms with Gasteiger partial charge in [-0.2, -0.15) is 13.2 Å². The molecule has 1 atom stereocenters. The van der Waals surface area contributed by atoms with Gasteiger partial charge in [-0.3, -0.25) is 0 Å². The van der Waals surface area contributed by atoms with Crippen LogP contribution in [0, 0.1) is 5.82 Å². The van der Waals surface area contributed by atoms with Crippen molar-refractivity contribution in [3.05, 3.63) is 64.9 Å². The molecule has 0 spiro atoms. The van der Waals surface area contributed by atoms with Crippen LogP contribution in [-0.4, -0.2) is 24.8 Å². The Labute approximate surface area is 162 Å². The van der Waals surface area contributed by atoms with Gasteiger partial charge in [-0.15, -0.1) is 0 Å². The Kier molecular flexibility index (Phi) is 6.50. The monoisotopic (exact) mass is 418 g/mol. The number of alkyl halides is 3. The first-order chi connectivity index (χ1) is 13.1. The van der Waals surface area contributed by atoms with Crippen LogP contribution in [0.3, 0.4) is 0 Å². The Balaban J connectivity index is 2.46. The van der Waals surface area contributed by atoms with Crippen molar-refractivity contribution >= 4 is 29.3 Å². The zero-order valence-corrected chi connectivity index (χ0v) is 15.2. The molecule has 0 aliphatic carbocycles. The molecule has 10 heteroatoms. The molecule has 0 saturated heterocycles. The van der Waals surface area contributed by atoms with E-state index in [-0.39, 0.29) is 12.3 Å². The first-order valence-electron chi connectivity index (χ1n) is 7.95. The van der Waals surface area contributed by atoms with Crippen molar-refractivity contribution < 1.29 is 31.9 Å². The molecule has 2 aromatic carbocycles. The number of anilines is 1. The molecule has 0 aliphatic heterocycles. The van der Waals surface area contributed by atoms with E-state index in [4.69, 9.17) is 11.6 Å². The Morgan fingerprint density at radius 2 is 1.61 bits per heavy atom. The quantitative estimate of drug-likeness (QED) is 0.550. The fourth-order valence-electron chi connectivity index (χ4n) is 2.40. The van der Waals surface area contributed by atoms with Gasteiger partial charge >= 0.3 is 18.2 Å². The third-order valence-corrected chi connectivity index (χ3v) is 3.94. The van der Waals surface area contributed by atoms with Crippen LogP contribution in [0.25, 0.3) is 0 Å². The van der Waals surface area contributed by atoms with Crippen molar-refractivity contribution in [2.45, 2.75) is 18.6 Å². The van der Waals surface area contributed by atoms with Crippen LogP contribution in [0.5, 0.6) is 0 Å². The highest BCUT2D eigenvalue weighted by Crippen LogP contribution is 2.40. The molecule has 2 aromatic rings. The van der Waals surface area contributed by atoms with Crippen LogP contribution in [0.4, 0.5) is 28.0 Å². The van der Waals surface area contributed by atoms with Gasteiger partial charge in [0, 0.05) is 10.7 Å². The first kappa shape index (κ1) is 21.5. The van der Waals surface area contributed by atoms with Crippen molar-refractivity contribution in [3.63, 3.8) is 0 Å². The summed E-state index contributed by atoms with van der Waals surface area (Å²) in [5.74, 6) is -2.56. The average Bonchev–Trinajstić information content (AvgIpc) is 2.61. The fourth-order valence-corrected chi connectivity index (χ4v) is 2.52. The minimum Gasteiger partial charge on any atom is -0.464 e. The fraction of sp³-hybridized carbons (Fsp3) is 0.222. The molecular weight excluding hydrogens is 404 g/mol. The van der Waals surface area contributed by atoms with Gasteiger partial charge in [0.15, 0.2) is 0 Å². The Morgan fingerprint density at radius 1 is 1.04 bits per heavy atom. The maximum atomic E-state index is 14.0. The SMILES string of the molecule is CCOC(=O)C(NC(=O)Nc1ccc(Cl)cc1)(c1ccc(F)cc1)C(F)(F)F. The topological polar surface area (TPSA) is 67.4 Å². The van der Waals surface area contributed by atoms with Crippen molar-refractivity contribution in [3.8, 4) is 0 Å². The highest BCUT2D eigenvalue weighted by molar-refractivity contribution is 6.30. The summed E-state index contributed by atoms with van der Waals surface area (Å²) in [5.41, 5.74) is -4.10. The molecule has 0 bridgehead atoms. The van der Waals surface area contributed by atoms with Crippen LogP contribution in [0.15, 0.2) is 48.5 Å². The van der Waals surface area contributed by atoms with E-state index >= 15 is 0 Å². The molecule has 0 radical (unpaired) electrons. The standard InChI is InChI=1S/C18H15ClF4N2O3/c1-2-28-15(26)17(18(21,22)23,11-3-7-13(20)8-4-11)25-16(27)24-14-9-5-12(19)6-10-14/h3-10H,2H2,1H3,(H2,24,25,27). The van der Waals surface area contributed by atoms with Crippen molar-refractivity contribution in [2.75, 3.05) is 11.9 Å². The third-order valence-electron chi connectivity index (χ3n) is 3.69. The summed E-state index contributed by atoms with van der Waals surface area (Å²) < 4.78 is 59.9. The summed E-state index contributed by atoms with van der Waals surface area (Å²) in [7, 11) is 0. The average molecular weight is 419 g/mol. The maximum Gasteiger partial charge on any atom is 0.426 e. The number of nitrogens with one attached hydrogen (secondary N) is 2. The molecule has 2 rings (SSSR count). The molecule has 0 fully saturated rings. The number of urea groups is 1. The number of ether oxygens (including phenoxy) is 1. The molecule has 0 aliphatic rings. The van der Waals surface area contributed by atoms with Gasteiger partial charge in [-0.1, -0.05) is 23.7 Å². The van der Waals surface area contributed by atoms with E-state index in [9.17, 15) is 27.2 Å². The van der Waals surface area contributed by atoms with E-state index in [2.05, 4.69) is 10.1 Å². The Bertz CT molecular complexity index is 841. The molecule has 1 unspecified atom stereocenters. The predicted octanol–water partition coefficient (Wildman–Crippen LogP) is 4.62. The summed E-state index contributed by atoms with van der Waals surface area (Å²) >= 11 is 5.71. The van der Waals surface area contributed by atoms with Gasteiger partial charge in [-0.25, -0.2) is 14.0 Å². The Hall–Kier alpha value is -2.81. The summed E-state index contributed by atoms with van der Waals surface area (Å²) in [6, 6.07) is 7.22. The molecule has 28 heavy (non-hydrogen) atoms. The number of esters is 1. The molecule has 2 amide bonds. The zero-order chi connectivity index (χ0) is 20.9. The van der Waals surface area contributed by atoms with Crippen molar-refractivity contribution in [1.29, 1.82) is 0 Å². The number of benzene rings is 2. The van der Waals surface area contributed by atoms with Crippen LogP contribution in [0.2, 0.25) is 5.02 Å². The van der Waals surface area contributed by atoms with Crippen LogP contribution < -0.4 is 10.6 Å². The predicted molar refractivity (Wildman–Crippen MR) is 94.4 cm³/mol. The smallest absolute Gasteiger partial charge is 0.426 e. The number of halogens is 5. The van der Waals surface area contributed by atoms with Crippen LogP contribution in [-0.2, 0) is 15.1 Å². The van der Waals surface area contributed by atoms with E-state index in [0.29, 0.717) is 5.02 Å². The lowest BCUT2D eigenvalue weighted by atomic mass is 9.89. The summed E-state index contributed by atoms with van der Waals surface area (Å²) in [4.78, 5) is 24.6. The van der Waals surface area contributed by atoms with E-state index < -0.39 is 35.1 Å². The minimum absolute atomic E-state index is 0.140. The first-order valence-corrected chi connectivity index (χ1v) is 8.32. The second-order valence-electron chi connectivity index (χ2n) is 5.56. The van der Waals surface area contributed by atoms with Crippen molar-refractivity contribution in [1.82, 2.24) is 5.32 Å². The summed E-state index contributed by atoms with van der Waals surface area (Å²) in [5, 5.41) is 4.19. The lowest BCUT2D eigenvalue weighted by Gasteiger charge is -2.34. The number of hydrogen-bond donors (Lipinski definition) is 2. The largest absolute Gasteiger partial charge is 0.464 e. The summed E-state index contributed by atoms with van der Waals surface area (Å²) in [6.07, 6.45) is -5.28. The minimum atomic E-state index is -5.28. The van der Waals surface area contributed by atoms with Crippen molar-refractivity contribution in [2.24, 2.45) is 0 Å². The zero-order valence-electron chi connectivity index (χ0n) is 14.4. The van der Waals surface area contributed by atoms with Gasteiger partial charge in [0.2, 0.25) is 0 Å². The molecule has 5 nitrogen and oxygen atoms in total. The van der Waals surface area contributed by atoms with Gasteiger partial charge in [0.1, 0.15) is 5.82 Å². The lowest BCUT2D eigenvalue weighted by molar-refractivity contribution is -0.213. The van der Waals surface area contributed by atoms with Gasteiger partial charge in [0.05, 0.1) is 6.61 Å². The second kappa shape index (κ2) is 8.47. The van der Waals surface area contributed by atoms with Gasteiger partial charge in [-0.05, 0) is 48.9 Å². The van der Waals surface area contributed by atoms with Gasteiger partial charge < -0.3 is 15.4 Å². The molecule has 150 valence electrons. The van der Waals surface area contributed by atoms with Crippen LogP contribution >= 0.6 is 11.6 Å². The maximum absolute atomic E-state index is 14.0. The number of hydrogen-bond acceptors (Lipinski definition) is 3.